The summed E-state index contributed by atoms with van der Waals surface area (Å²) in [4.78, 5) is 4.94. The Kier molecular flexibility index (Phi) is 4.16. The standard InChI is InChI=1S/C10H23N3/c1-9(11)4-5-13-7-6-12(3)10(2)8-13/h9-10H,4-8,11H2,1-3H3. The first kappa shape index (κ1) is 11.0. The van der Waals surface area contributed by atoms with Gasteiger partial charge >= 0.3 is 0 Å². The third-order valence-corrected chi connectivity index (χ3v) is 2.94. The van der Waals surface area contributed by atoms with Crippen LogP contribution in [0, 0.1) is 0 Å². The van der Waals surface area contributed by atoms with Gasteiger partial charge < -0.3 is 15.5 Å². The minimum Gasteiger partial charge on any atom is -0.328 e. The summed E-state index contributed by atoms with van der Waals surface area (Å²) in [7, 11) is 2.20. The Morgan fingerprint density at radius 2 is 2.15 bits per heavy atom. The molecule has 0 radical (unpaired) electrons. The van der Waals surface area contributed by atoms with Crippen molar-refractivity contribution in [3.05, 3.63) is 0 Å². The Bertz CT molecular complexity index is 147. The molecule has 0 aromatic carbocycles. The number of piperazine rings is 1. The van der Waals surface area contributed by atoms with Crippen LogP contribution >= 0.6 is 0 Å². The van der Waals surface area contributed by atoms with Gasteiger partial charge in [0.2, 0.25) is 0 Å². The maximum atomic E-state index is 5.73. The fraction of sp³-hybridized carbons (Fsp3) is 1.00. The Labute approximate surface area is 81.9 Å². The monoisotopic (exact) mass is 185 g/mol. The van der Waals surface area contributed by atoms with E-state index in [1.54, 1.807) is 0 Å². The summed E-state index contributed by atoms with van der Waals surface area (Å²) >= 11 is 0. The molecule has 3 nitrogen and oxygen atoms in total. The topological polar surface area (TPSA) is 32.5 Å². The van der Waals surface area contributed by atoms with Crippen LogP contribution in [0.3, 0.4) is 0 Å². The van der Waals surface area contributed by atoms with Crippen molar-refractivity contribution in [1.29, 1.82) is 0 Å². The van der Waals surface area contributed by atoms with Crippen LogP contribution in [0.1, 0.15) is 20.3 Å². The third kappa shape index (κ3) is 3.63. The normalized spacial score (nSPS) is 29.1. The van der Waals surface area contributed by atoms with Crippen molar-refractivity contribution < 1.29 is 0 Å². The van der Waals surface area contributed by atoms with Gasteiger partial charge in [0.1, 0.15) is 0 Å². The molecule has 1 heterocycles. The molecule has 13 heavy (non-hydrogen) atoms. The predicted octanol–water partition coefficient (Wildman–Crippen LogP) is 0.360. The van der Waals surface area contributed by atoms with Gasteiger partial charge in [0.25, 0.3) is 0 Å². The van der Waals surface area contributed by atoms with Gasteiger partial charge in [0.15, 0.2) is 0 Å². The highest BCUT2D eigenvalue weighted by Gasteiger charge is 2.19. The summed E-state index contributed by atoms with van der Waals surface area (Å²) < 4.78 is 0. The molecule has 0 aliphatic carbocycles. The second-order valence-electron chi connectivity index (χ2n) is 4.40. The number of likely N-dealkylation sites (N-methyl/N-ethyl adjacent to an activating group) is 1. The van der Waals surface area contributed by atoms with Crippen LogP contribution in [0.25, 0.3) is 0 Å². The summed E-state index contributed by atoms with van der Waals surface area (Å²) in [5.41, 5.74) is 5.73. The molecule has 78 valence electrons. The molecule has 2 unspecified atom stereocenters. The Morgan fingerprint density at radius 1 is 1.46 bits per heavy atom. The Balaban J connectivity index is 2.21. The van der Waals surface area contributed by atoms with Gasteiger partial charge in [-0.3, -0.25) is 0 Å². The lowest BCUT2D eigenvalue weighted by atomic mass is 10.2. The number of nitrogens with zero attached hydrogens (tertiary/aromatic N) is 2. The molecular formula is C10H23N3. The van der Waals surface area contributed by atoms with Crippen LogP contribution in [0.5, 0.6) is 0 Å². The molecular weight excluding hydrogens is 162 g/mol. The summed E-state index contributed by atoms with van der Waals surface area (Å²) in [5.74, 6) is 0. The van der Waals surface area contributed by atoms with E-state index in [-0.39, 0.29) is 0 Å². The van der Waals surface area contributed by atoms with E-state index in [9.17, 15) is 0 Å². The van der Waals surface area contributed by atoms with Crippen LogP contribution in [0.2, 0.25) is 0 Å². The first-order chi connectivity index (χ1) is 6.09. The van der Waals surface area contributed by atoms with Gasteiger partial charge in [-0.05, 0) is 33.9 Å². The van der Waals surface area contributed by atoms with Crippen molar-refractivity contribution in [1.82, 2.24) is 9.80 Å². The SMILES string of the molecule is CC(N)CCN1CCN(C)C(C)C1. The van der Waals surface area contributed by atoms with E-state index in [0.29, 0.717) is 12.1 Å². The molecule has 3 heteroatoms. The highest BCUT2D eigenvalue weighted by Crippen LogP contribution is 2.07. The molecule has 0 aromatic heterocycles. The zero-order valence-corrected chi connectivity index (χ0v) is 9.16. The van der Waals surface area contributed by atoms with Gasteiger partial charge in [-0.25, -0.2) is 0 Å². The lowest BCUT2D eigenvalue weighted by molar-refractivity contribution is 0.103. The van der Waals surface area contributed by atoms with Crippen molar-refractivity contribution >= 4 is 0 Å². The highest BCUT2D eigenvalue weighted by atomic mass is 15.3. The molecule has 0 aromatic rings. The molecule has 0 amide bonds. The smallest absolute Gasteiger partial charge is 0.0192 e. The van der Waals surface area contributed by atoms with E-state index in [2.05, 4.69) is 30.7 Å². The molecule has 2 N–H and O–H groups in total. The quantitative estimate of drug-likeness (QED) is 0.689. The minimum atomic E-state index is 0.343. The van der Waals surface area contributed by atoms with Gasteiger partial charge in [0.05, 0.1) is 0 Å². The molecule has 1 fully saturated rings. The van der Waals surface area contributed by atoms with E-state index < -0.39 is 0 Å². The van der Waals surface area contributed by atoms with Crippen molar-refractivity contribution in [2.24, 2.45) is 5.73 Å². The minimum absolute atomic E-state index is 0.343. The lowest BCUT2D eigenvalue weighted by Crippen LogP contribution is -2.50. The van der Waals surface area contributed by atoms with E-state index >= 15 is 0 Å². The number of rotatable bonds is 3. The maximum absolute atomic E-state index is 5.73. The Hall–Kier alpha value is -0.120. The van der Waals surface area contributed by atoms with Crippen LogP contribution in [-0.4, -0.2) is 55.1 Å². The van der Waals surface area contributed by atoms with Crippen molar-refractivity contribution in [3.8, 4) is 0 Å². The van der Waals surface area contributed by atoms with Crippen LogP contribution < -0.4 is 5.73 Å². The zero-order valence-electron chi connectivity index (χ0n) is 9.16. The molecule has 0 saturated carbocycles. The largest absolute Gasteiger partial charge is 0.328 e. The van der Waals surface area contributed by atoms with Gasteiger partial charge in [-0.2, -0.15) is 0 Å². The third-order valence-electron chi connectivity index (χ3n) is 2.94. The van der Waals surface area contributed by atoms with E-state index in [1.807, 2.05) is 0 Å². The average Bonchev–Trinajstić information content (AvgIpc) is 2.07. The van der Waals surface area contributed by atoms with E-state index in [1.165, 1.54) is 19.6 Å². The summed E-state index contributed by atoms with van der Waals surface area (Å²) in [6.45, 7) is 9.13. The maximum Gasteiger partial charge on any atom is 0.0192 e. The Morgan fingerprint density at radius 3 is 2.69 bits per heavy atom. The van der Waals surface area contributed by atoms with Crippen molar-refractivity contribution in [3.63, 3.8) is 0 Å². The summed E-state index contributed by atoms with van der Waals surface area (Å²) in [6, 6.07) is 1.04. The highest BCUT2D eigenvalue weighted by molar-refractivity contribution is 4.76. The summed E-state index contributed by atoms with van der Waals surface area (Å²) in [5, 5.41) is 0. The number of hydrogen-bond donors (Lipinski definition) is 1. The molecule has 1 aliphatic rings. The second kappa shape index (κ2) is 4.94. The fourth-order valence-corrected chi connectivity index (χ4v) is 1.71. The fourth-order valence-electron chi connectivity index (χ4n) is 1.71. The average molecular weight is 185 g/mol. The zero-order chi connectivity index (χ0) is 9.84. The van der Waals surface area contributed by atoms with Crippen molar-refractivity contribution in [2.45, 2.75) is 32.4 Å². The molecule has 0 bridgehead atoms. The molecule has 1 saturated heterocycles. The van der Waals surface area contributed by atoms with Crippen LogP contribution in [0.15, 0.2) is 0 Å². The molecule has 1 aliphatic heterocycles. The van der Waals surface area contributed by atoms with Gasteiger partial charge in [0, 0.05) is 31.7 Å². The first-order valence-corrected chi connectivity index (χ1v) is 5.27. The van der Waals surface area contributed by atoms with Crippen molar-refractivity contribution in [2.75, 3.05) is 33.2 Å². The molecule has 1 rings (SSSR count). The number of nitrogens with two attached hydrogens (primary N) is 1. The lowest BCUT2D eigenvalue weighted by Gasteiger charge is -2.37. The number of hydrogen-bond acceptors (Lipinski definition) is 3. The van der Waals surface area contributed by atoms with E-state index in [0.717, 1.165) is 13.0 Å². The summed E-state index contributed by atoms with van der Waals surface area (Å²) in [6.07, 6.45) is 1.12. The van der Waals surface area contributed by atoms with Crippen LogP contribution in [0.4, 0.5) is 0 Å². The van der Waals surface area contributed by atoms with E-state index in [4.69, 9.17) is 5.73 Å². The molecule has 2 atom stereocenters. The van der Waals surface area contributed by atoms with Gasteiger partial charge in [-0.1, -0.05) is 0 Å². The predicted molar refractivity (Wildman–Crippen MR) is 56.8 cm³/mol. The van der Waals surface area contributed by atoms with Gasteiger partial charge in [-0.15, -0.1) is 0 Å². The first-order valence-electron chi connectivity index (χ1n) is 5.27. The second-order valence-corrected chi connectivity index (χ2v) is 4.40. The molecule has 0 spiro atoms. The van der Waals surface area contributed by atoms with Crippen LogP contribution in [-0.2, 0) is 0 Å².